The number of likely N-dealkylation sites (N-methyl/N-ethyl adjacent to an activating group) is 1. The van der Waals surface area contributed by atoms with E-state index in [1.165, 1.54) is 0 Å². The van der Waals surface area contributed by atoms with Crippen LogP contribution in [0, 0.1) is 0 Å². The lowest BCUT2D eigenvalue weighted by Gasteiger charge is -2.30. The maximum atomic E-state index is 12.4. The Kier molecular flexibility index (Phi) is 6.84. The van der Waals surface area contributed by atoms with Gasteiger partial charge in [-0.3, -0.25) is 4.90 Å². The highest BCUT2D eigenvalue weighted by molar-refractivity contribution is 6.31. The van der Waals surface area contributed by atoms with Gasteiger partial charge >= 0.3 is 12.0 Å². The molecule has 136 valence electrons. The fraction of sp³-hybridized carbons (Fsp3) is 0.444. The number of carbonyl (C=O) groups excluding carboxylic acids is 2. The molecule has 0 fully saturated rings. The minimum Gasteiger partial charge on any atom is -0.463 e. The summed E-state index contributed by atoms with van der Waals surface area (Å²) in [6.07, 6.45) is 0.610. The average Bonchev–Trinajstić information content (AvgIpc) is 2.56. The second kappa shape index (κ2) is 8.87. The first-order valence-electron chi connectivity index (χ1n) is 8.35. The van der Waals surface area contributed by atoms with Crippen LogP contribution in [0.4, 0.5) is 4.79 Å². The van der Waals surface area contributed by atoms with Crippen LogP contribution in [0.25, 0.3) is 0 Å². The van der Waals surface area contributed by atoms with Crippen LogP contribution in [-0.4, -0.2) is 43.1 Å². The van der Waals surface area contributed by atoms with Crippen LogP contribution in [0.3, 0.4) is 0 Å². The summed E-state index contributed by atoms with van der Waals surface area (Å²) in [7, 11) is 1.91. The van der Waals surface area contributed by atoms with Crippen molar-refractivity contribution in [1.82, 2.24) is 15.5 Å². The summed E-state index contributed by atoms with van der Waals surface area (Å²) in [6, 6.07) is 6.95. The molecular weight excluding hydrogens is 342 g/mol. The normalized spacial score (nSPS) is 17.3. The molecule has 1 aromatic carbocycles. The van der Waals surface area contributed by atoms with E-state index >= 15 is 0 Å². The van der Waals surface area contributed by atoms with Gasteiger partial charge in [0, 0.05) is 23.8 Å². The fourth-order valence-corrected chi connectivity index (χ4v) is 3.03. The van der Waals surface area contributed by atoms with Crippen molar-refractivity contribution in [2.75, 3.05) is 20.2 Å². The molecule has 1 heterocycles. The number of halogens is 1. The third-order valence-electron chi connectivity index (χ3n) is 3.97. The fourth-order valence-electron chi connectivity index (χ4n) is 2.83. The van der Waals surface area contributed by atoms with E-state index in [4.69, 9.17) is 16.3 Å². The Balaban J connectivity index is 2.23. The van der Waals surface area contributed by atoms with E-state index in [1.54, 1.807) is 6.92 Å². The first-order valence-corrected chi connectivity index (χ1v) is 8.73. The van der Waals surface area contributed by atoms with Gasteiger partial charge in [-0.05, 0) is 32.0 Å². The van der Waals surface area contributed by atoms with E-state index in [9.17, 15) is 9.59 Å². The van der Waals surface area contributed by atoms with Crippen LogP contribution in [0.2, 0.25) is 5.02 Å². The maximum Gasteiger partial charge on any atom is 0.337 e. The van der Waals surface area contributed by atoms with Crippen molar-refractivity contribution < 1.29 is 14.3 Å². The highest BCUT2D eigenvalue weighted by Gasteiger charge is 2.31. The molecule has 7 heteroatoms. The monoisotopic (exact) mass is 365 g/mol. The van der Waals surface area contributed by atoms with Crippen molar-refractivity contribution in [3.63, 3.8) is 0 Å². The summed E-state index contributed by atoms with van der Waals surface area (Å²) in [5.74, 6) is -0.400. The smallest absolute Gasteiger partial charge is 0.337 e. The quantitative estimate of drug-likeness (QED) is 0.729. The third kappa shape index (κ3) is 4.96. The van der Waals surface area contributed by atoms with Gasteiger partial charge in [-0.1, -0.05) is 36.7 Å². The minimum atomic E-state index is -0.400. The molecule has 0 radical (unpaired) electrons. The Morgan fingerprint density at radius 2 is 2.00 bits per heavy atom. The molecule has 0 aromatic heterocycles. The number of nitrogens with zero attached hydrogens (tertiary/aromatic N) is 1. The number of ether oxygens (including phenoxy) is 1. The van der Waals surface area contributed by atoms with Crippen LogP contribution < -0.4 is 10.6 Å². The zero-order valence-electron chi connectivity index (χ0n) is 14.8. The average molecular weight is 366 g/mol. The second-order valence-corrected chi connectivity index (χ2v) is 6.34. The summed E-state index contributed by atoms with van der Waals surface area (Å²) in [5.41, 5.74) is 2.04. The van der Waals surface area contributed by atoms with Crippen molar-refractivity contribution in [2.45, 2.75) is 32.9 Å². The maximum absolute atomic E-state index is 12.4. The van der Waals surface area contributed by atoms with E-state index in [0.29, 0.717) is 35.8 Å². The highest BCUT2D eigenvalue weighted by atomic mass is 35.5. The lowest BCUT2D eigenvalue weighted by atomic mass is 10.00. The van der Waals surface area contributed by atoms with Gasteiger partial charge in [0.05, 0.1) is 18.2 Å². The Labute approximate surface area is 153 Å². The summed E-state index contributed by atoms with van der Waals surface area (Å²) in [6.45, 7) is 4.97. The molecule has 0 bridgehead atoms. The van der Waals surface area contributed by atoms with E-state index in [2.05, 4.69) is 10.6 Å². The molecule has 2 amide bonds. The summed E-state index contributed by atoms with van der Waals surface area (Å²) in [4.78, 5) is 26.3. The van der Waals surface area contributed by atoms with Crippen LogP contribution in [0.1, 0.15) is 25.8 Å². The van der Waals surface area contributed by atoms with Crippen molar-refractivity contribution in [2.24, 2.45) is 0 Å². The summed E-state index contributed by atoms with van der Waals surface area (Å²) < 4.78 is 5.17. The topological polar surface area (TPSA) is 70.7 Å². The van der Waals surface area contributed by atoms with Crippen LogP contribution >= 0.6 is 11.6 Å². The van der Waals surface area contributed by atoms with Gasteiger partial charge in [-0.25, -0.2) is 9.59 Å². The van der Waals surface area contributed by atoms with Gasteiger partial charge in [0.1, 0.15) is 0 Å². The zero-order valence-corrected chi connectivity index (χ0v) is 15.5. The first-order chi connectivity index (χ1) is 12.0. The molecule has 1 atom stereocenters. The van der Waals surface area contributed by atoms with Gasteiger partial charge in [-0.2, -0.15) is 0 Å². The lowest BCUT2D eigenvalue weighted by molar-refractivity contribution is -0.139. The number of nitrogens with one attached hydrogen (secondary N) is 2. The lowest BCUT2D eigenvalue weighted by Crippen LogP contribution is -2.51. The largest absolute Gasteiger partial charge is 0.463 e. The molecular formula is C18H24ClN3O3. The number of benzene rings is 1. The van der Waals surface area contributed by atoms with Gasteiger partial charge in [0.2, 0.25) is 0 Å². The van der Waals surface area contributed by atoms with Crippen molar-refractivity contribution in [3.8, 4) is 0 Å². The molecule has 6 nitrogen and oxygen atoms in total. The highest BCUT2D eigenvalue weighted by Crippen LogP contribution is 2.20. The number of carbonyl (C=O) groups is 2. The Morgan fingerprint density at radius 1 is 1.28 bits per heavy atom. The second-order valence-electron chi connectivity index (χ2n) is 5.94. The van der Waals surface area contributed by atoms with Crippen LogP contribution in [-0.2, 0) is 16.1 Å². The molecule has 0 spiro atoms. The molecule has 0 saturated heterocycles. The van der Waals surface area contributed by atoms with Gasteiger partial charge < -0.3 is 15.4 Å². The first kappa shape index (κ1) is 19.3. The SMILES string of the molecule is CCOC(=O)C1=C(CN(C)Cc2ccccc2Cl)NC(=O)N[C@H]1CC. The summed E-state index contributed by atoms with van der Waals surface area (Å²) >= 11 is 6.21. The standard InChI is InChI=1S/C18H24ClN3O3/c1-4-14-16(17(23)25-5-2)15(21-18(24)20-14)11-22(3)10-12-8-6-7-9-13(12)19/h6-9,14H,4-5,10-11H2,1-3H3,(H2,20,21,24)/t14-/m0/s1. The third-order valence-corrected chi connectivity index (χ3v) is 4.34. The molecule has 0 saturated carbocycles. The van der Waals surface area contributed by atoms with Crippen molar-refractivity contribution >= 4 is 23.6 Å². The molecule has 2 rings (SSSR count). The van der Waals surface area contributed by atoms with Crippen molar-refractivity contribution in [3.05, 3.63) is 46.1 Å². The molecule has 1 aliphatic heterocycles. The number of amides is 2. The van der Waals surface area contributed by atoms with E-state index in [0.717, 1.165) is 5.56 Å². The molecule has 0 unspecified atom stereocenters. The van der Waals surface area contributed by atoms with Crippen molar-refractivity contribution in [1.29, 1.82) is 0 Å². The van der Waals surface area contributed by atoms with Gasteiger partial charge in [0.25, 0.3) is 0 Å². The zero-order chi connectivity index (χ0) is 18.4. The van der Waals surface area contributed by atoms with E-state index < -0.39 is 5.97 Å². The Bertz CT molecular complexity index is 675. The Morgan fingerprint density at radius 3 is 2.64 bits per heavy atom. The number of hydrogen-bond donors (Lipinski definition) is 2. The molecule has 1 aromatic rings. The number of rotatable bonds is 7. The van der Waals surface area contributed by atoms with Crippen LogP contribution in [0.5, 0.6) is 0 Å². The Hall–Kier alpha value is -2.05. The number of urea groups is 1. The van der Waals surface area contributed by atoms with E-state index in [1.807, 2.05) is 43.1 Å². The number of hydrogen-bond acceptors (Lipinski definition) is 4. The predicted molar refractivity (Wildman–Crippen MR) is 97.2 cm³/mol. The minimum absolute atomic E-state index is 0.287. The van der Waals surface area contributed by atoms with E-state index in [-0.39, 0.29) is 18.7 Å². The predicted octanol–water partition coefficient (Wildman–Crippen LogP) is 2.68. The van der Waals surface area contributed by atoms with Gasteiger partial charge in [-0.15, -0.1) is 0 Å². The molecule has 2 N–H and O–H groups in total. The molecule has 1 aliphatic rings. The van der Waals surface area contributed by atoms with Crippen LogP contribution in [0.15, 0.2) is 35.5 Å². The summed E-state index contributed by atoms with van der Waals surface area (Å²) in [5, 5.41) is 6.21. The number of esters is 1. The molecule has 0 aliphatic carbocycles. The van der Waals surface area contributed by atoms with Gasteiger partial charge in [0.15, 0.2) is 0 Å². The molecule has 25 heavy (non-hydrogen) atoms.